The molecule has 5 rings (SSSR count). The number of anilines is 3. The Balaban J connectivity index is 1.50. The molecule has 0 fully saturated rings. The molecule has 3 heterocycles. The van der Waals surface area contributed by atoms with Gasteiger partial charge in [-0.25, -0.2) is 9.97 Å². The van der Waals surface area contributed by atoms with Crippen LogP contribution in [0.3, 0.4) is 0 Å². The van der Waals surface area contributed by atoms with E-state index in [-0.39, 0.29) is 52.3 Å². The topological polar surface area (TPSA) is 84.7 Å². The number of hydrogen-bond acceptors (Lipinski definition) is 5. The highest BCUT2D eigenvalue weighted by Crippen LogP contribution is 2.24. The van der Waals surface area contributed by atoms with Gasteiger partial charge in [-0.15, -0.1) is 0 Å². The summed E-state index contributed by atoms with van der Waals surface area (Å²) in [6.45, 7) is 5.20. The summed E-state index contributed by atoms with van der Waals surface area (Å²) < 4.78 is 75.7. The molecule has 5 aromatic rings. The first-order valence-corrected chi connectivity index (χ1v) is 10.9. The normalized spacial score (nSPS) is 14.2. The standard InChI is InChI=1S/C29H26N6O/c1-19-9-12-35(18-19)25-14-20(2)13-24(16-25)32-28(36)22-7-6-21(3)27(15-22)34-29-31-11-8-26(33-29)23-5-4-10-30-17-23/h4-18H,1-3H3,(H,32,36)(H,31,33,34)/i4D,5D,8D,10D,11D,13D,14D,16D,17D. The molecule has 0 radical (unpaired) electrons. The van der Waals surface area contributed by atoms with E-state index in [9.17, 15) is 4.79 Å². The molecule has 3 aromatic heterocycles. The fraction of sp³-hybridized carbons (Fsp3) is 0.103. The van der Waals surface area contributed by atoms with Crippen LogP contribution in [0, 0.1) is 20.8 Å². The van der Waals surface area contributed by atoms with Crippen molar-refractivity contribution in [3.63, 3.8) is 0 Å². The van der Waals surface area contributed by atoms with Gasteiger partial charge < -0.3 is 15.2 Å². The van der Waals surface area contributed by atoms with Crippen LogP contribution in [0.2, 0.25) is 0 Å². The number of amides is 1. The second kappa shape index (κ2) is 9.84. The van der Waals surface area contributed by atoms with Gasteiger partial charge in [0, 0.05) is 59.1 Å². The number of aromatic nitrogens is 4. The summed E-state index contributed by atoms with van der Waals surface area (Å²) in [5.41, 5.74) is 1.96. The van der Waals surface area contributed by atoms with Crippen molar-refractivity contribution >= 4 is 23.2 Å². The first-order valence-electron chi connectivity index (χ1n) is 15.4. The molecule has 7 heteroatoms. The first-order chi connectivity index (χ1) is 21.2. The second-order valence-electron chi connectivity index (χ2n) is 8.02. The van der Waals surface area contributed by atoms with Crippen LogP contribution in [0.25, 0.3) is 16.9 Å². The molecule has 0 atom stereocenters. The molecule has 2 N–H and O–H groups in total. The van der Waals surface area contributed by atoms with Gasteiger partial charge in [0.05, 0.1) is 18.0 Å². The van der Waals surface area contributed by atoms with E-state index in [1.54, 1.807) is 42.9 Å². The molecule has 178 valence electrons. The van der Waals surface area contributed by atoms with Crippen LogP contribution in [-0.2, 0) is 0 Å². The van der Waals surface area contributed by atoms with Crippen LogP contribution in [0.4, 0.5) is 17.3 Å². The van der Waals surface area contributed by atoms with Gasteiger partial charge in [-0.1, -0.05) is 6.07 Å². The van der Waals surface area contributed by atoms with Gasteiger partial charge in [0.2, 0.25) is 5.95 Å². The van der Waals surface area contributed by atoms with Crippen molar-refractivity contribution in [1.82, 2.24) is 19.5 Å². The Morgan fingerprint density at radius 3 is 2.75 bits per heavy atom. The van der Waals surface area contributed by atoms with E-state index < -0.39 is 42.6 Å². The van der Waals surface area contributed by atoms with Crippen molar-refractivity contribution in [2.45, 2.75) is 20.8 Å². The van der Waals surface area contributed by atoms with E-state index in [0.717, 1.165) is 5.56 Å². The Labute approximate surface area is 222 Å². The third-order valence-electron chi connectivity index (χ3n) is 5.20. The van der Waals surface area contributed by atoms with E-state index in [0.29, 0.717) is 16.8 Å². The van der Waals surface area contributed by atoms with E-state index in [1.807, 2.05) is 13.0 Å². The van der Waals surface area contributed by atoms with E-state index >= 15 is 0 Å². The number of benzene rings is 2. The van der Waals surface area contributed by atoms with E-state index in [4.69, 9.17) is 12.3 Å². The summed E-state index contributed by atoms with van der Waals surface area (Å²) in [6.07, 6.45) is 1.82. The number of nitrogens with zero attached hydrogens (tertiary/aromatic N) is 4. The number of hydrogen-bond donors (Lipinski definition) is 2. The fourth-order valence-corrected chi connectivity index (χ4v) is 3.42. The Hall–Kier alpha value is -4.78. The molecule has 0 unspecified atom stereocenters. The smallest absolute Gasteiger partial charge is 0.255 e. The molecule has 1 amide bonds. The van der Waals surface area contributed by atoms with Crippen molar-refractivity contribution in [1.29, 1.82) is 0 Å². The van der Waals surface area contributed by atoms with Crippen molar-refractivity contribution in [2.75, 3.05) is 10.6 Å². The SMILES string of the molecule is [2H]c1nc(Nc2cc(C(=O)Nc3c([2H])c(C)c([2H])c(-n4ccc(C)c4)c3[2H])ccc2C)nc(-c2c([2H])nc([2H])c([2H])c2[2H])c1[2H]. The molecule has 7 nitrogen and oxygen atoms in total. The maximum atomic E-state index is 13.4. The molecule has 0 aliphatic carbocycles. The first kappa shape index (κ1) is 14.6. The van der Waals surface area contributed by atoms with E-state index in [2.05, 4.69) is 25.6 Å². The molecular weight excluding hydrogens is 448 g/mol. The lowest BCUT2D eigenvalue weighted by molar-refractivity contribution is 0.102. The third-order valence-corrected chi connectivity index (χ3v) is 5.20. The highest BCUT2D eigenvalue weighted by molar-refractivity contribution is 6.05. The van der Waals surface area contributed by atoms with Crippen LogP contribution in [0.15, 0.2) is 91.4 Å². The number of nitrogens with one attached hydrogen (secondary N) is 2. The lowest BCUT2D eigenvalue weighted by Crippen LogP contribution is -2.13. The van der Waals surface area contributed by atoms with Crippen LogP contribution in [-0.4, -0.2) is 25.4 Å². The lowest BCUT2D eigenvalue weighted by atomic mass is 10.1. The molecule has 0 aliphatic heterocycles. The van der Waals surface area contributed by atoms with Crippen LogP contribution in [0.1, 0.15) is 39.4 Å². The van der Waals surface area contributed by atoms with E-state index in [1.165, 1.54) is 6.07 Å². The van der Waals surface area contributed by atoms with Gasteiger partial charge in [0.1, 0.15) is 0 Å². The highest BCUT2D eigenvalue weighted by atomic mass is 16.1. The lowest BCUT2D eigenvalue weighted by Gasteiger charge is -2.13. The number of pyridine rings is 1. The van der Waals surface area contributed by atoms with Crippen LogP contribution in [0.5, 0.6) is 0 Å². The summed E-state index contributed by atoms with van der Waals surface area (Å²) in [5.74, 6) is -0.805. The van der Waals surface area contributed by atoms with Crippen molar-refractivity contribution in [2.24, 2.45) is 0 Å². The molecule has 0 saturated heterocycles. The number of rotatable bonds is 6. The Morgan fingerprint density at radius 2 is 1.92 bits per heavy atom. The average Bonchev–Trinajstić information content (AvgIpc) is 3.41. The molecule has 0 spiro atoms. The predicted molar refractivity (Wildman–Crippen MR) is 143 cm³/mol. The maximum absolute atomic E-state index is 13.4. The largest absolute Gasteiger partial charge is 0.324 e. The van der Waals surface area contributed by atoms with Gasteiger partial charge in [0.15, 0.2) is 0 Å². The minimum atomic E-state index is -0.627. The highest BCUT2D eigenvalue weighted by Gasteiger charge is 2.12. The molecule has 36 heavy (non-hydrogen) atoms. The minimum absolute atomic E-state index is 0.00712. The maximum Gasteiger partial charge on any atom is 0.255 e. The van der Waals surface area contributed by atoms with Gasteiger partial charge in [-0.05, 0) is 91.9 Å². The Kier molecular flexibility index (Phi) is 3.98. The van der Waals surface area contributed by atoms with Crippen LogP contribution < -0.4 is 10.6 Å². The third kappa shape index (κ3) is 5.15. The summed E-state index contributed by atoms with van der Waals surface area (Å²) in [6, 6.07) is 4.58. The molecule has 2 aromatic carbocycles. The fourth-order valence-electron chi connectivity index (χ4n) is 3.42. The quantitative estimate of drug-likeness (QED) is 0.298. The monoisotopic (exact) mass is 483 g/mol. The number of carbonyl (C=O) groups excluding carboxylic acids is 1. The summed E-state index contributed by atoms with van der Waals surface area (Å²) >= 11 is 0. The molecular formula is C29H26N6O. The molecule has 0 bridgehead atoms. The Bertz CT molecular complexity index is 2030. The summed E-state index contributed by atoms with van der Waals surface area (Å²) in [4.78, 5) is 25.3. The van der Waals surface area contributed by atoms with Crippen molar-refractivity contribution in [3.8, 4) is 16.9 Å². The van der Waals surface area contributed by atoms with Gasteiger partial charge in [-0.3, -0.25) is 9.78 Å². The van der Waals surface area contributed by atoms with Crippen LogP contribution >= 0.6 is 0 Å². The number of aryl methyl sites for hydroxylation is 2. The zero-order chi connectivity index (χ0) is 32.9. The van der Waals surface area contributed by atoms with Gasteiger partial charge in [0.25, 0.3) is 5.91 Å². The van der Waals surface area contributed by atoms with Crippen molar-refractivity contribution in [3.05, 3.63) is 114 Å². The molecule has 0 aliphatic rings. The minimum Gasteiger partial charge on any atom is -0.324 e. The Morgan fingerprint density at radius 1 is 1.03 bits per heavy atom. The van der Waals surface area contributed by atoms with Crippen molar-refractivity contribution < 1.29 is 17.1 Å². The summed E-state index contributed by atoms with van der Waals surface area (Å²) in [5, 5.41) is 5.57. The average molecular weight is 484 g/mol. The van der Waals surface area contributed by atoms with Gasteiger partial charge >= 0.3 is 0 Å². The summed E-state index contributed by atoms with van der Waals surface area (Å²) in [7, 11) is 0. The van der Waals surface area contributed by atoms with Gasteiger partial charge in [-0.2, -0.15) is 0 Å². The zero-order valence-corrected chi connectivity index (χ0v) is 19.7. The predicted octanol–water partition coefficient (Wildman–Crippen LogP) is 6.25. The molecule has 0 saturated carbocycles. The zero-order valence-electron chi connectivity index (χ0n) is 28.7. The second-order valence-corrected chi connectivity index (χ2v) is 8.02. The number of carbonyl (C=O) groups is 1.